The Hall–Kier alpha value is -3.53. The minimum Gasteiger partial charge on any atom is -0.384 e. The van der Waals surface area contributed by atoms with Crippen LogP contribution in [0.4, 0.5) is 5.69 Å². The largest absolute Gasteiger partial charge is 0.384 e. The van der Waals surface area contributed by atoms with Gasteiger partial charge in [-0.2, -0.15) is 17.0 Å². The second kappa shape index (κ2) is 11.1. The second-order valence-electron chi connectivity index (χ2n) is 9.74. The van der Waals surface area contributed by atoms with Crippen LogP contribution in [-0.2, 0) is 16.3 Å². The Morgan fingerprint density at radius 3 is 2.63 bits per heavy atom. The number of aryl methyl sites for hydroxylation is 2. The zero-order valence-corrected chi connectivity index (χ0v) is 23.1. The third-order valence-corrected chi connectivity index (χ3v) is 8.64. The molecule has 2 aliphatic rings. The molecule has 0 spiro atoms. The fraction of sp³-hybridized carbons (Fsp3) is 0.258. The van der Waals surface area contributed by atoms with Gasteiger partial charge in [0.25, 0.3) is 0 Å². The zero-order valence-electron chi connectivity index (χ0n) is 21.5. The molecule has 3 aromatic rings. The number of benzene rings is 2. The van der Waals surface area contributed by atoms with Gasteiger partial charge in [-0.1, -0.05) is 54.1 Å². The summed E-state index contributed by atoms with van der Waals surface area (Å²) in [6.45, 7) is 4.17. The van der Waals surface area contributed by atoms with Crippen molar-refractivity contribution in [2.24, 2.45) is 5.73 Å². The number of allylic oxidation sites excluding steroid dienone is 3. The van der Waals surface area contributed by atoms with Gasteiger partial charge < -0.3 is 5.73 Å². The van der Waals surface area contributed by atoms with Crippen molar-refractivity contribution >= 4 is 34.8 Å². The van der Waals surface area contributed by atoms with Crippen molar-refractivity contribution < 1.29 is 4.79 Å². The van der Waals surface area contributed by atoms with E-state index < -0.39 is 5.92 Å². The predicted molar refractivity (Wildman–Crippen MR) is 155 cm³/mol. The smallest absolute Gasteiger partial charge is 0.161 e. The number of carbonyl (C=O) groups excluding carboxylic acids is 1. The van der Waals surface area contributed by atoms with Gasteiger partial charge in [0.15, 0.2) is 10.9 Å². The van der Waals surface area contributed by atoms with Crippen LogP contribution in [0.1, 0.15) is 53.0 Å². The lowest BCUT2D eigenvalue weighted by Crippen LogP contribution is -2.39. The van der Waals surface area contributed by atoms with Gasteiger partial charge in [0.05, 0.1) is 23.2 Å². The van der Waals surface area contributed by atoms with Crippen LogP contribution in [0.2, 0.25) is 5.15 Å². The Bertz CT molecular complexity index is 1510. The van der Waals surface area contributed by atoms with Crippen molar-refractivity contribution in [2.75, 3.05) is 4.90 Å². The highest BCUT2D eigenvalue weighted by Crippen LogP contribution is 2.48. The lowest BCUT2D eigenvalue weighted by atomic mass is 9.74. The van der Waals surface area contributed by atoms with Crippen LogP contribution in [0, 0.1) is 25.2 Å². The molecule has 5 nitrogen and oxygen atoms in total. The number of pyridine rings is 1. The summed E-state index contributed by atoms with van der Waals surface area (Å²) in [6.07, 6.45) is 3.46. The van der Waals surface area contributed by atoms with Crippen molar-refractivity contribution in [3.05, 3.63) is 116 Å². The van der Waals surface area contributed by atoms with Crippen LogP contribution in [-0.4, -0.2) is 10.8 Å². The lowest BCUT2D eigenvalue weighted by Gasteiger charge is -2.40. The number of nitrogens with zero attached hydrogens (tertiary/aromatic N) is 3. The van der Waals surface area contributed by atoms with E-state index in [1.807, 2.05) is 30.8 Å². The van der Waals surface area contributed by atoms with E-state index in [0.29, 0.717) is 35.5 Å². The summed E-state index contributed by atoms with van der Waals surface area (Å²) < 4.78 is 0. The topological polar surface area (TPSA) is 83.0 Å². The summed E-state index contributed by atoms with van der Waals surface area (Å²) in [5, 5.41) is 10.7. The van der Waals surface area contributed by atoms with E-state index in [-0.39, 0.29) is 10.9 Å². The molecule has 2 heterocycles. The predicted octanol–water partition coefficient (Wildman–Crippen LogP) is 7.09. The van der Waals surface area contributed by atoms with Crippen LogP contribution in [0.3, 0.4) is 0 Å². The first-order chi connectivity index (χ1) is 18.4. The van der Waals surface area contributed by atoms with Crippen molar-refractivity contribution in [1.82, 2.24) is 4.98 Å². The average molecular weight is 541 g/mol. The quantitative estimate of drug-likeness (QED) is 0.336. The van der Waals surface area contributed by atoms with Crippen LogP contribution < -0.4 is 10.6 Å². The minimum absolute atomic E-state index is 0.0569. The molecule has 1 unspecified atom stereocenters. The summed E-state index contributed by atoms with van der Waals surface area (Å²) in [4.78, 5) is 19.5. The van der Waals surface area contributed by atoms with E-state index in [9.17, 15) is 10.1 Å². The van der Waals surface area contributed by atoms with E-state index >= 15 is 0 Å². The number of nitriles is 1. The molecule has 0 fully saturated rings. The summed E-state index contributed by atoms with van der Waals surface area (Å²) in [5.74, 6) is 1.60. The maximum absolute atomic E-state index is 13.5. The molecule has 7 heteroatoms. The molecule has 38 heavy (non-hydrogen) atoms. The molecule has 0 saturated heterocycles. The third kappa shape index (κ3) is 4.84. The van der Waals surface area contributed by atoms with Gasteiger partial charge in [0.2, 0.25) is 0 Å². The van der Waals surface area contributed by atoms with Gasteiger partial charge in [0, 0.05) is 35.4 Å². The number of halogens is 1. The summed E-state index contributed by atoms with van der Waals surface area (Å²) in [5.41, 5.74) is 14.8. The number of aromatic nitrogens is 1. The Morgan fingerprint density at radius 2 is 1.89 bits per heavy atom. The highest BCUT2D eigenvalue weighted by molar-refractivity contribution is 7.97. The summed E-state index contributed by atoms with van der Waals surface area (Å²) >= 11 is 8.32. The number of rotatable bonds is 6. The Morgan fingerprint density at radius 1 is 1.11 bits per heavy atom. The Labute approximate surface area is 233 Å². The van der Waals surface area contributed by atoms with Gasteiger partial charge in [-0.25, -0.2) is 4.98 Å². The van der Waals surface area contributed by atoms with Gasteiger partial charge in [0.1, 0.15) is 5.82 Å². The average Bonchev–Trinajstić information content (AvgIpc) is 2.91. The van der Waals surface area contributed by atoms with Gasteiger partial charge in [-0.05, 0) is 66.6 Å². The van der Waals surface area contributed by atoms with Crippen molar-refractivity contribution in [3.8, 4) is 6.07 Å². The number of hydrogen-bond donors (Lipinski definition) is 1. The van der Waals surface area contributed by atoms with Gasteiger partial charge >= 0.3 is 0 Å². The molecule has 2 N–H and O–H groups in total. The van der Waals surface area contributed by atoms with Gasteiger partial charge in [-0.15, -0.1) is 0 Å². The number of hydrogen-bond acceptors (Lipinski definition) is 6. The second-order valence-corrected chi connectivity index (χ2v) is 11.1. The fourth-order valence-corrected chi connectivity index (χ4v) is 6.72. The van der Waals surface area contributed by atoms with Crippen LogP contribution >= 0.6 is 23.4 Å². The first-order valence-electron chi connectivity index (χ1n) is 12.7. The molecular formula is C31H29ClN4OS. The normalized spacial score (nSPS) is 17.5. The van der Waals surface area contributed by atoms with E-state index in [4.69, 9.17) is 17.3 Å². The monoisotopic (exact) mass is 540 g/mol. The molecule has 5 rings (SSSR count). The van der Waals surface area contributed by atoms with Crippen LogP contribution in [0.25, 0.3) is 0 Å². The number of anilines is 1. The molecule has 0 bridgehead atoms. The van der Waals surface area contributed by atoms with Crippen LogP contribution in [0.5, 0.6) is 0 Å². The van der Waals surface area contributed by atoms with Crippen molar-refractivity contribution in [2.45, 2.75) is 50.5 Å². The standard InChI is InChI=1S/C31H29ClN4OS/c1-19-14-20(2)23(15-22(19)18-38-17-21-8-4-3-5-9-21)28-24(16-33)31(34)36(26-11-7-13-35-30(26)32)25-10-6-12-27(37)29(25)28/h3-5,7-9,11,13-15,28H,6,10,12,17-18,34H2,1-2H3. The minimum atomic E-state index is -0.507. The SMILES string of the molecule is Cc1cc(C)c(C2C(C#N)=C(N)N(c3cccnc3Cl)C3=C2C(=O)CCC3)cc1CSCc1ccccc1. The molecule has 1 aliphatic heterocycles. The van der Waals surface area contributed by atoms with E-state index in [0.717, 1.165) is 34.8 Å². The first kappa shape index (κ1) is 26.1. The summed E-state index contributed by atoms with van der Waals surface area (Å²) in [6, 6.07) is 20.7. The molecule has 1 atom stereocenters. The maximum atomic E-state index is 13.5. The molecule has 0 amide bonds. The number of Topliss-reactive ketones (excluding diaryl/α,β-unsaturated/α-hetero) is 1. The Kier molecular flexibility index (Phi) is 7.60. The molecule has 1 aromatic heterocycles. The number of ketones is 1. The Balaban J connectivity index is 1.59. The van der Waals surface area contributed by atoms with Crippen molar-refractivity contribution in [3.63, 3.8) is 0 Å². The molecule has 0 radical (unpaired) electrons. The fourth-order valence-electron chi connectivity index (χ4n) is 5.45. The van der Waals surface area contributed by atoms with Crippen LogP contribution in [0.15, 0.2) is 83.5 Å². The highest BCUT2D eigenvalue weighted by Gasteiger charge is 2.41. The first-order valence-corrected chi connectivity index (χ1v) is 14.2. The van der Waals surface area contributed by atoms with E-state index in [1.54, 1.807) is 17.2 Å². The molecule has 2 aromatic carbocycles. The van der Waals surface area contributed by atoms with Gasteiger partial charge in [-0.3, -0.25) is 9.69 Å². The highest BCUT2D eigenvalue weighted by atomic mass is 35.5. The third-order valence-electron chi connectivity index (χ3n) is 7.30. The molecule has 0 saturated carbocycles. The molecular weight excluding hydrogens is 512 g/mol. The zero-order chi connectivity index (χ0) is 26.8. The van der Waals surface area contributed by atoms with E-state index in [2.05, 4.69) is 54.4 Å². The molecule has 192 valence electrons. The maximum Gasteiger partial charge on any atom is 0.161 e. The van der Waals surface area contributed by atoms with E-state index in [1.165, 1.54) is 16.7 Å². The number of nitrogens with two attached hydrogens (primary N) is 1. The summed E-state index contributed by atoms with van der Waals surface area (Å²) in [7, 11) is 0. The lowest BCUT2D eigenvalue weighted by molar-refractivity contribution is -0.116. The molecule has 1 aliphatic carbocycles. The van der Waals surface area contributed by atoms with Crippen molar-refractivity contribution in [1.29, 1.82) is 5.26 Å². The number of carbonyl (C=O) groups is 1. The number of thioether (sulfide) groups is 1.